The monoisotopic (exact) mass is 353 g/mol. The molecular weight excluding hydrogens is 326 g/mol. The first kappa shape index (κ1) is 18.3. The van der Waals surface area contributed by atoms with Crippen LogP contribution in [0.1, 0.15) is 5.56 Å². The lowest BCUT2D eigenvalue weighted by atomic mass is 10.2. The highest BCUT2D eigenvalue weighted by molar-refractivity contribution is 5.78. The number of hydrogen-bond acceptors (Lipinski definition) is 4. The van der Waals surface area contributed by atoms with E-state index in [1.165, 1.54) is 5.69 Å². The fraction of sp³-hybridized carbons (Fsp3) is 0.381. The van der Waals surface area contributed by atoms with Crippen LogP contribution in [-0.2, 0) is 11.3 Å². The van der Waals surface area contributed by atoms with Gasteiger partial charge in [0.25, 0.3) is 0 Å². The second kappa shape index (κ2) is 8.72. The number of benzene rings is 2. The van der Waals surface area contributed by atoms with Crippen molar-refractivity contribution in [3.63, 3.8) is 0 Å². The maximum atomic E-state index is 12.6. The fourth-order valence-corrected chi connectivity index (χ4v) is 3.32. The van der Waals surface area contributed by atoms with Crippen LogP contribution in [0, 0.1) is 0 Å². The second-order valence-corrected chi connectivity index (χ2v) is 6.73. The van der Waals surface area contributed by atoms with E-state index in [-0.39, 0.29) is 5.91 Å². The molecule has 1 aliphatic heterocycles. The van der Waals surface area contributed by atoms with Crippen LogP contribution >= 0.6 is 0 Å². The van der Waals surface area contributed by atoms with Crippen molar-refractivity contribution in [2.24, 2.45) is 0 Å². The molecular formula is C21H27N3O2. The molecule has 2 aromatic carbocycles. The Bertz CT molecular complexity index is 712. The Balaban J connectivity index is 1.47. The summed E-state index contributed by atoms with van der Waals surface area (Å²) in [5.41, 5.74) is 2.38. The maximum absolute atomic E-state index is 12.6. The predicted molar refractivity (Wildman–Crippen MR) is 105 cm³/mol. The van der Waals surface area contributed by atoms with Gasteiger partial charge in [-0.25, -0.2) is 0 Å². The molecule has 5 nitrogen and oxygen atoms in total. The smallest absolute Gasteiger partial charge is 0.236 e. The molecule has 0 aromatic heterocycles. The van der Waals surface area contributed by atoms with Gasteiger partial charge in [0.1, 0.15) is 5.75 Å². The van der Waals surface area contributed by atoms with Crippen molar-refractivity contribution in [3.8, 4) is 5.75 Å². The number of hydrogen-bond donors (Lipinski definition) is 0. The van der Waals surface area contributed by atoms with Crippen LogP contribution in [0.3, 0.4) is 0 Å². The normalized spacial score (nSPS) is 14.6. The molecule has 0 spiro atoms. The van der Waals surface area contributed by atoms with Crippen LogP contribution in [0.25, 0.3) is 0 Å². The zero-order valence-electron chi connectivity index (χ0n) is 15.6. The first-order valence-corrected chi connectivity index (χ1v) is 9.05. The molecule has 1 amide bonds. The van der Waals surface area contributed by atoms with Crippen LogP contribution in [0.5, 0.6) is 5.75 Å². The zero-order valence-corrected chi connectivity index (χ0v) is 15.6. The van der Waals surface area contributed by atoms with Gasteiger partial charge in [-0.3, -0.25) is 9.69 Å². The molecule has 0 saturated carbocycles. The van der Waals surface area contributed by atoms with E-state index in [1.54, 1.807) is 7.11 Å². The Morgan fingerprint density at radius 2 is 1.77 bits per heavy atom. The number of ether oxygens (including phenoxy) is 1. The summed E-state index contributed by atoms with van der Waals surface area (Å²) < 4.78 is 5.26. The third kappa shape index (κ3) is 4.76. The third-order valence-electron chi connectivity index (χ3n) is 4.75. The number of anilines is 1. The average Bonchev–Trinajstić information content (AvgIpc) is 2.69. The predicted octanol–water partition coefficient (Wildman–Crippen LogP) is 2.48. The van der Waals surface area contributed by atoms with Crippen molar-refractivity contribution >= 4 is 11.6 Å². The summed E-state index contributed by atoms with van der Waals surface area (Å²) in [5, 5.41) is 0. The minimum atomic E-state index is 0.197. The van der Waals surface area contributed by atoms with Crippen molar-refractivity contribution < 1.29 is 9.53 Å². The molecule has 1 saturated heterocycles. The van der Waals surface area contributed by atoms with Gasteiger partial charge in [-0.05, 0) is 36.9 Å². The van der Waals surface area contributed by atoms with E-state index in [0.29, 0.717) is 6.54 Å². The molecule has 5 heteroatoms. The Morgan fingerprint density at radius 1 is 1.04 bits per heavy atom. The summed E-state index contributed by atoms with van der Waals surface area (Å²) in [6.45, 7) is 4.49. The number of amides is 1. The van der Waals surface area contributed by atoms with Crippen molar-refractivity contribution in [3.05, 3.63) is 60.2 Å². The summed E-state index contributed by atoms with van der Waals surface area (Å²) >= 11 is 0. The van der Waals surface area contributed by atoms with Gasteiger partial charge in [-0.1, -0.05) is 30.3 Å². The number of rotatable bonds is 6. The molecule has 3 rings (SSSR count). The van der Waals surface area contributed by atoms with Crippen LogP contribution in [0.2, 0.25) is 0 Å². The molecule has 26 heavy (non-hydrogen) atoms. The van der Waals surface area contributed by atoms with E-state index in [0.717, 1.165) is 44.0 Å². The minimum Gasteiger partial charge on any atom is -0.497 e. The second-order valence-electron chi connectivity index (χ2n) is 6.73. The van der Waals surface area contributed by atoms with Gasteiger partial charge >= 0.3 is 0 Å². The summed E-state index contributed by atoms with van der Waals surface area (Å²) in [6.07, 6.45) is 0. The average molecular weight is 353 g/mol. The van der Waals surface area contributed by atoms with E-state index in [4.69, 9.17) is 4.74 Å². The third-order valence-corrected chi connectivity index (χ3v) is 4.75. The summed E-state index contributed by atoms with van der Waals surface area (Å²) in [5.74, 6) is 1.04. The fourth-order valence-electron chi connectivity index (χ4n) is 3.32. The summed E-state index contributed by atoms with van der Waals surface area (Å²) in [7, 11) is 3.65. The molecule has 1 fully saturated rings. The van der Waals surface area contributed by atoms with Crippen molar-refractivity contribution in [2.75, 3.05) is 51.8 Å². The lowest BCUT2D eigenvalue weighted by molar-refractivity contribution is -0.132. The largest absolute Gasteiger partial charge is 0.497 e. The van der Waals surface area contributed by atoms with E-state index in [2.05, 4.69) is 40.1 Å². The number of nitrogens with zero attached hydrogens (tertiary/aromatic N) is 3. The van der Waals surface area contributed by atoms with Crippen molar-refractivity contribution in [1.29, 1.82) is 0 Å². The molecule has 0 radical (unpaired) electrons. The van der Waals surface area contributed by atoms with Crippen molar-refractivity contribution in [2.45, 2.75) is 6.54 Å². The molecule has 0 bridgehead atoms. The number of carbonyl (C=O) groups is 1. The topological polar surface area (TPSA) is 36.0 Å². The SMILES string of the molecule is COc1cccc(CN(C)CC(=O)N2CCN(c3ccccc3)CC2)c1. The van der Waals surface area contributed by atoms with Gasteiger partial charge in [0.15, 0.2) is 0 Å². The lowest BCUT2D eigenvalue weighted by Gasteiger charge is -2.36. The molecule has 2 aromatic rings. The Morgan fingerprint density at radius 3 is 2.46 bits per heavy atom. The number of likely N-dealkylation sites (N-methyl/N-ethyl adjacent to an activating group) is 1. The van der Waals surface area contributed by atoms with Crippen LogP contribution in [0.4, 0.5) is 5.69 Å². The number of para-hydroxylation sites is 1. The molecule has 0 N–H and O–H groups in total. The Hall–Kier alpha value is -2.53. The first-order chi connectivity index (χ1) is 12.7. The summed E-state index contributed by atoms with van der Waals surface area (Å²) in [6, 6.07) is 18.4. The van der Waals surface area contributed by atoms with Gasteiger partial charge in [0, 0.05) is 38.4 Å². The van der Waals surface area contributed by atoms with Gasteiger partial charge in [0.2, 0.25) is 5.91 Å². The van der Waals surface area contributed by atoms with Gasteiger partial charge in [-0.15, -0.1) is 0 Å². The highest BCUT2D eigenvalue weighted by atomic mass is 16.5. The molecule has 0 aliphatic carbocycles. The van der Waals surface area contributed by atoms with Crippen LogP contribution in [-0.4, -0.2) is 62.6 Å². The first-order valence-electron chi connectivity index (χ1n) is 9.05. The van der Waals surface area contributed by atoms with E-state index in [1.807, 2.05) is 36.2 Å². The zero-order chi connectivity index (χ0) is 18.4. The number of carbonyl (C=O) groups excluding carboxylic acids is 1. The maximum Gasteiger partial charge on any atom is 0.236 e. The lowest BCUT2D eigenvalue weighted by Crippen LogP contribution is -2.51. The standard InChI is InChI=1S/C21H27N3O2/c1-22(16-18-7-6-10-20(15-18)26-2)17-21(25)24-13-11-23(12-14-24)19-8-4-3-5-9-19/h3-10,15H,11-14,16-17H2,1-2H3. The molecule has 138 valence electrons. The summed E-state index contributed by atoms with van der Waals surface area (Å²) in [4.78, 5) is 19.0. The van der Waals surface area contributed by atoms with Gasteiger partial charge in [-0.2, -0.15) is 0 Å². The highest BCUT2D eigenvalue weighted by Crippen LogP contribution is 2.16. The van der Waals surface area contributed by atoms with E-state index in [9.17, 15) is 4.79 Å². The number of piperazine rings is 1. The highest BCUT2D eigenvalue weighted by Gasteiger charge is 2.22. The number of methoxy groups -OCH3 is 1. The van der Waals surface area contributed by atoms with Crippen molar-refractivity contribution in [1.82, 2.24) is 9.80 Å². The molecule has 1 aliphatic rings. The van der Waals surface area contributed by atoms with Crippen LogP contribution < -0.4 is 9.64 Å². The molecule has 1 heterocycles. The van der Waals surface area contributed by atoms with Crippen LogP contribution in [0.15, 0.2) is 54.6 Å². The minimum absolute atomic E-state index is 0.197. The van der Waals surface area contributed by atoms with Gasteiger partial charge in [0.05, 0.1) is 13.7 Å². The van der Waals surface area contributed by atoms with E-state index >= 15 is 0 Å². The molecule has 0 unspecified atom stereocenters. The van der Waals surface area contributed by atoms with E-state index < -0.39 is 0 Å². The quantitative estimate of drug-likeness (QED) is 0.799. The Labute approximate surface area is 155 Å². The Kier molecular flexibility index (Phi) is 6.12. The van der Waals surface area contributed by atoms with Gasteiger partial charge < -0.3 is 14.5 Å². The molecule has 0 atom stereocenters.